The van der Waals surface area contributed by atoms with E-state index in [4.69, 9.17) is 0 Å². The molecule has 1 saturated heterocycles. The third kappa shape index (κ3) is 4.65. The highest BCUT2D eigenvalue weighted by atomic mass is 19.4. The predicted octanol–water partition coefficient (Wildman–Crippen LogP) is 4.45. The van der Waals surface area contributed by atoms with E-state index >= 15 is 0 Å². The summed E-state index contributed by atoms with van der Waals surface area (Å²) in [5, 5.41) is 2.51. The molecule has 3 heterocycles. The number of benzene rings is 1. The Morgan fingerprint density at radius 1 is 1.10 bits per heavy atom. The minimum atomic E-state index is -4.52. The summed E-state index contributed by atoms with van der Waals surface area (Å²) in [6.45, 7) is 3.61. The number of carbonyl (C=O) groups excluding carboxylic acids is 1. The third-order valence-electron chi connectivity index (χ3n) is 5.41. The van der Waals surface area contributed by atoms with Gasteiger partial charge in [0.2, 0.25) is 0 Å². The number of nitrogens with one attached hydrogen (secondary N) is 1. The second-order valence-electron chi connectivity index (χ2n) is 7.51. The van der Waals surface area contributed by atoms with E-state index in [2.05, 4.69) is 25.2 Å². The minimum Gasteiger partial charge on any atom is -0.368 e. The van der Waals surface area contributed by atoms with Gasteiger partial charge in [0, 0.05) is 30.8 Å². The smallest absolute Gasteiger partial charge is 0.368 e. The first-order valence-electron chi connectivity index (χ1n) is 9.75. The highest BCUT2D eigenvalue weighted by Gasteiger charge is 2.31. The molecule has 1 fully saturated rings. The van der Waals surface area contributed by atoms with Crippen LogP contribution in [0.1, 0.15) is 39.4 Å². The van der Waals surface area contributed by atoms with E-state index in [9.17, 15) is 18.0 Å². The zero-order valence-corrected chi connectivity index (χ0v) is 16.7. The molecule has 1 unspecified atom stereocenters. The molecule has 9 heteroatoms. The fourth-order valence-corrected chi connectivity index (χ4v) is 3.79. The maximum absolute atomic E-state index is 12.9. The highest BCUT2D eigenvalue weighted by molar-refractivity contribution is 6.04. The van der Waals surface area contributed by atoms with Crippen molar-refractivity contribution in [3.05, 3.63) is 77.6 Å². The van der Waals surface area contributed by atoms with Crippen molar-refractivity contribution in [1.29, 1.82) is 0 Å². The van der Waals surface area contributed by atoms with Gasteiger partial charge in [-0.1, -0.05) is 6.07 Å². The van der Waals surface area contributed by atoms with Crippen molar-refractivity contribution < 1.29 is 18.0 Å². The average molecular weight is 427 g/mol. The van der Waals surface area contributed by atoms with Crippen LogP contribution in [0.5, 0.6) is 0 Å². The number of amides is 1. The molecule has 1 aliphatic heterocycles. The molecule has 0 radical (unpaired) electrons. The van der Waals surface area contributed by atoms with Crippen molar-refractivity contribution in [1.82, 2.24) is 15.0 Å². The number of anilines is 2. The third-order valence-corrected chi connectivity index (χ3v) is 5.41. The van der Waals surface area contributed by atoms with Crippen LogP contribution in [0, 0.1) is 6.92 Å². The van der Waals surface area contributed by atoms with Crippen molar-refractivity contribution in [3.63, 3.8) is 0 Å². The summed E-state index contributed by atoms with van der Waals surface area (Å²) in [5.41, 5.74) is 2.54. The topological polar surface area (TPSA) is 71.0 Å². The second-order valence-corrected chi connectivity index (χ2v) is 7.51. The monoisotopic (exact) mass is 427 g/mol. The second kappa shape index (κ2) is 8.33. The first-order valence-corrected chi connectivity index (χ1v) is 9.75. The van der Waals surface area contributed by atoms with Crippen molar-refractivity contribution in [2.75, 3.05) is 23.3 Å². The normalized spacial score (nSPS) is 16.4. The first kappa shape index (κ1) is 20.8. The fraction of sp³-hybridized carbons (Fsp3) is 0.273. The summed E-state index contributed by atoms with van der Waals surface area (Å²) in [7, 11) is 0. The summed E-state index contributed by atoms with van der Waals surface area (Å²) >= 11 is 0. The Hall–Kier alpha value is -3.49. The van der Waals surface area contributed by atoms with Gasteiger partial charge >= 0.3 is 6.18 Å². The lowest BCUT2D eigenvalue weighted by Crippen LogP contribution is -2.20. The number of hydrogen-bond donors (Lipinski definition) is 1. The van der Waals surface area contributed by atoms with Crippen LogP contribution in [0.4, 0.5) is 24.5 Å². The van der Waals surface area contributed by atoms with E-state index < -0.39 is 17.6 Å². The van der Waals surface area contributed by atoms with Gasteiger partial charge in [-0.25, -0.2) is 9.97 Å². The van der Waals surface area contributed by atoms with Crippen LogP contribution in [0.25, 0.3) is 0 Å². The molecular formula is C22H20F3N5O. The quantitative estimate of drug-likeness (QED) is 0.666. The minimum absolute atomic E-state index is 0.00179. The molecule has 4 rings (SSSR count). The number of carbonyl (C=O) groups is 1. The fourth-order valence-electron chi connectivity index (χ4n) is 3.79. The summed E-state index contributed by atoms with van der Waals surface area (Å²) in [5.74, 6) is -0.253. The molecule has 0 saturated carbocycles. The lowest BCUT2D eigenvalue weighted by molar-refractivity contribution is -0.137. The van der Waals surface area contributed by atoms with Gasteiger partial charge in [0.25, 0.3) is 5.91 Å². The van der Waals surface area contributed by atoms with Crippen LogP contribution in [0.2, 0.25) is 0 Å². The number of halogens is 3. The molecule has 0 spiro atoms. The SMILES string of the molecule is Cc1ccc(C(=O)Nc2cncc(C(F)(F)F)c2)cc1C1CCN(c2cncnc2)C1. The Morgan fingerprint density at radius 2 is 1.87 bits per heavy atom. The van der Waals surface area contributed by atoms with Gasteiger partial charge < -0.3 is 10.2 Å². The largest absolute Gasteiger partial charge is 0.417 e. The molecule has 2 aromatic heterocycles. The average Bonchev–Trinajstić information content (AvgIpc) is 3.24. The van der Waals surface area contributed by atoms with Crippen molar-refractivity contribution in [2.45, 2.75) is 25.4 Å². The summed E-state index contributed by atoms with van der Waals surface area (Å²) in [6.07, 6.45) is 3.34. The van der Waals surface area contributed by atoms with Crippen LogP contribution in [0.15, 0.2) is 55.4 Å². The Bertz CT molecular complexity index is 1090. The van der Waals surface area contributed by atoms with Gasteiger partial charge in [-0.05, 0) is 42.7 Å². The highest BCUT2D eigenvalue weighted by Crippen LogP contribution is 2.33. The first-order chi connectivity index (χ1) is 14.8. The van der Waals surface area contributed by atoms with E-state index in [0.29, 0.717) is 5.56 Å². The van der Waals surface area contributed by atoms with Crippen LogP contribution in [-0.4, -0.2) is 33.9 Å². The van der Waals surface area contributed by atoms with E-state index in [1.807, 2.05) is 19.1 Å². The molecule has 0 bridgehead atoms. The maximum Gasteiger partial charge on any atom is 0.417 e. The molecule has 6 nitrogen and oxygen atoms in total. The van der Waals surface area contributed by atoms with Gasteiger partial charge in [0.15, 0.2) is 0 Å². The van der Waals surface area contributed by atoms with E-state index in [0.717, 1.165) is 48.6 Å². The zero-order chi connectivity index (χ0) is 22.0. The molecular weight excluding hydrogens is 407 g/mol. The van der Waals surface area contributed by atoms with Crippen LogP contribution >= 0.6 is 0 Å². The van der Waals surface area contributed by atoms with Gasteiger partial charge in [0.1, 0.15) is 6.33 Å². The summed E-state index contributed by atoms with van der Waals surface area (Å²) in [4.78, 5) is 26.6. The lowest BCUT2D eigenvalue weighted by atomic mass is 9.92. The Kier molecular flexibility index (Phi) is 5.58. The number of nitrogens with zero attached hydrogens (tertiary/aromatic N) is 4. The Labute approximate surface area is 177 Å². The molecule has 160 valence electrons. The molecule has 31 heavy (non-hydrogen) atoms. The van der Waals surface area contributed by atoms with Gasteiger partial charge in [-0.2, -0.15) is 13.2 Å². The van der Waals surface area contributed by atoms with E-state index in [-0.39, 0.29) is 11.6 Å². The summed E-state index contributed by atoms with van der Waals surface area (Å²) < 4.78 is 38.7. The standard InChI is InChI=1S/C22H20F3N5O/c1-14-2-3-15(21(31)29-18-7-17(8-26-9-18)22(23,24)25)6-20(14)16-4-5-30(12-16)19-10-27-13-28-11-19/h2-3,6-11,13,16H,4-5,12H2,1H3,(H,29,31). The molecule has 1 aromatic carbocycles. The van der Waals surface area contributed by atoms with E-state index in [1.54, 1.807) is 18.5 Å². The molecule has 3 aromatic rings. The van der Waals surface area contributed by atoms with Gasteiger partial charge in [-0.3, -0.25) is 9.78 Å². The Balaban J connectivity index is 1.51. The van der Waals surface area contributed by atoms with E-state index in [1.165, 1.54) is 12.5 Å². The predicted molar refractivity (Wildman–Crippen MR) is 110 cm³/mol. The van der Waals surface area contributed by atoms with Gasteiger partial charge in [0.05, 0.1) is 35.5 Å². The zero-order valence-electron chi connectivity index (χ0n) is 16.7. The number of aryl methyl sites for hydroxylation is 1. The number of rotatable bonds is 4. The molecule has 1 aliphatic rings. The number of hydrogen-bond acceptors (Lipinski definition) is 5. The molecule has 1 amide bonds. The van der Waals surface area contributed by atoms with Crippen LogP contribution < -0.4 is 10.2 Å². The number of aromatic nitrogens is 3. The van der Waals surface area contributed by atoms with Crippen molar-refractivity contribution in [2.24, 2.45) is 0 Å². The van der Waals surface area contributed by atoms with Crippen molar-refractivity contribution in [3.8, 4) is 0 Å². The lowest BCUT2D eigenvalue weighted by Gasteiger charge is -2.19. The van der Waals surface area contributed by atoms with Gasteiger partial charge in [-0.15, -0.1) is 0 Å². The molecule has 1 atom stereocenters. The number of alkyl halides is 3. The van der Waals surface area contributed by atoms with Crippen LogP contribution in [0.3, 0.4) is 0 Å². The molecule has 1 N–H and O–H groups in total. The maximum atomic E-state index is 12.9. The Morgan fingerprint density at radius 3 is 2.61 bits per heavy atom. The number of pyridine rings is 1. The van der Waals surface area contributed by atoms with Crippen LogP contribution in [-0.2, 0) is 6.18 Å². The van der Waals surface area contributed by atoms with Crippen molar-refractivity contribution >= 4 is 17.3 Å². The molecule has 0 aliphatic carbocycles. The summed E-state index contributed by atoms with van der Waals surface area (Å²) in [6, 6.07) is 6.23.